The summed E-state index contributed by atoms with van der Waals surface area (Å²) in [6.07, 6.45) is -0.608. The summed E-state index contributed by atoms with van der Waals surface area (Å²) >= 11 is 0.901. The smallest absolute Gasteiger partial charge is 0.333 e. The van der Waals surface area contributed by atoms with Gasteiger partial charge in [-0.25, -0.2) is 4.39 Å². The maximum absolute atomic E-state index is 14.1. The van der Waals surface area contributed by atoms with Crippen molar-refractivity contribution in [1.82, 2.24) is 0 Å². The van der Waals surface area contributed by atoms with Gasteiger partial charge in [-0.1, -0.05) is 6.92 Å². The molecule has 0 aliphatic carbocycles. The average molecular weight is 318 g/mol. The number of hydrogen-bond donors (Lipinski definition) is 3. The number of aromatic hydroxyl groups is 1. The van der Waals surface area contributed by atoms with Crippen molar-refractivity contribution in [1.29, 1.82) is 0 Å². The molecule has 0 saturated carbocycles. The summed E-state index contributed by atoms with van der Waals surface area (Å²) in [5.41, 5.74) is 0.157. The van der Waals surface area contributed by atoms with Crippen molar-refractivity contribution in [3.63, 3.8) is 0 Å². The quantitative estimate of drug-likeness (QED) is 0.595. The fourth-order valence-electron chi connectivity index (χ4n) is 1.91. The summed E-state index contributed by atoms with van der Waals surface area (Å²) in [4.78, 5) is 29.4. The van der Waals surface area contributed by atoms with E-state index in [9.17, 15) is 18.9 Å². The monoisotopic (exact) mass is 318 g/mol. The minimum Gasteiger partial charge on any atom is -0.508 e. The molecule has 108 valence electrons. The molecule has 1 aromatic heterocycles. The number of phenols is 1. The van der Waals surface area contributed by atoms with Crippen LogP contribution in [0.3, 0.4) is 0 Å². The lowest BCUT2D eigenvalue weighted by atomic mass is 10.1. The molecule has 1 aromatic carbocycles. The summed E-state index contributed by atoms with van der Waals surface area (Å²) in [6.45, 7) is 1.69. The van der Waals surface area contributed by atoms with E-state index in [0.29, 0.717) is 11.1 Å². The van der Waals surface area contributed by atoms with Crippen LogP contribution in [0.25, 0.3) is 10.1 Å². The fraction of sp³-hybridized carbons (Fsp3) is 0.250. The van der Waals surface area contributed by atoms with Gasteiger partial charge in [-0.3, -0.25) is 9.36 Å². The summed E-state index contributed by atoms with van der Waals surface area (Å²) in [5, 5.41) is 9.86. The van der Waals surface area contributed by atoms with Crippen molar-refractivity contribution < 1.29 is 28.6 Å². The second kappa shape index (κ2) is 5.26. The average Bonchev–Trinajstić information content (AvgIpc) is 2.71. The fourth-order valence-corrected chi connectivity index (χ4v) is 3.59. The zero-order valence-corrected chi connectivity index (χ0v) is 12.2. The molecule has 0 aliphatic heterocycles. The zero-order valence-electron chi connectivity index (χ0n) is 10.5. The van der Waals surface area contributed by atoms with Crippen molar-refractivity contribution in [3.8, 4) is 5.75 Å². The third kappa shape index (κ3) is 2.91. The molecule has 20 heavy (non-hydrogen) atoms. The Morgan fingerprint density at radius 3 is 2.60 bits per heavy atom. The highest BCUT2D eigenvalue weighted by Gasteiger charge is 2.23. The van der Waals surface area contributed by atoms with Crippen LogP contribution >= 0.6 is 18.9 Å². The SMILES string of the molecule is CCc1c(O)cc2sc(C(=O)CP(=O)(O)O)cc2c1F. The molecule has 0 atom stereocenters. The second-order valence-corrected chi connectivity index (χ2v) is 7.04. The number of phenolic OH excluding ortho intramolecular Hbond substituents is 1. The zero-order chi connectivity index (χ0) is 15.1. The Morgan fingerprint density at radius 2 is 2.05 bits per heavy atom. The van der Waals surface area contributed by atoms with Crippen LogP contribution in [-0.4, -0.2) is 26.8 Å². The molecule has 0 amide bonds. The van der Waals surface area contributed by atoms with Crippen molar-refractivity contribution in [3.05, 3.63) is 28.4 Å². The highest BCUT2D eigenvalue weighted by atomic mass is 32.1. The van der Waals surface area contributed by atoms with E-state index < -0.39 is 25.4 Å². The molecule has 3 N–H and O–H groups in total. The van der Waals surface area contributed by atoms with Gasteiger partial charge in [0, 0.05) is 15.6 Å². The number of hydrogen-bond acceptors (Lipinski definition) is 4. The van der Waals surface area contributed by atoms with Crippen molar-refractivity contribution in [2.75, 3.05) is 6.16 Å². The standard InChI is InChI=1S/C12H12FO5PS/c1-2-6-8(14)4-10-7(12(6)13)3-11(20-10)9(15)5-19(16,17)18/h3-4,14H,2,5H2,1H3,(H2,16,17,18). The number of thiophene rings is 1. The molecule has 0 saturated heterocycles. The molecule has 2 rings (SSSR count). The van der Waals surface area contributed by atoms with Crippen molar-refractivity contribution in [2.24, 2.45) is 0 Å². The summed E-state index contributed by atoms with van der Waals surface area (Å²) in [5.74, 6) is -1.53. The Kier molecular flexibility index (Phi) is 3.97. The predicted molar refractivity (Wildman–Crippen MR) is 74.1 cm³/mol. The molecule has 0 fully saturated rings. The number of halogens is 1. The Bertz CT molecular complexity index is 733. The van der Waals surface area contributed by atoms with Crippen molar-refractivity contribution in [2.45, 2.75) is 13.3 Å². The van der Waals surface area contributed by atoms with Crippen LogP contribution in [0.4, 0.5) is 4.39 Å². The predicted octanol–water partition coefficient (Wildman–Crippen LogP) is 2.67. The Labute approximate surface area is 117 Å². The van der Waals surface area contributed by atoms with Crippen LogP contribution in [0.2, 0.25) is 0 Å². The third-order valence-corrected chi connectivity index (χ3v) is 4.64. The van der Waals surface area contributed by atoms with Gasteiger partial charge in [0.05, 0.1) is 4.88 Å². The Morgan fingerprint density at radius 1 is 1.40 bits per heavy atom. The highest BCUT2D eigenvalue weighted by Crippen LogP contribution is 2.38. The molecule has 0 aliphatic rings. The molecule has 0 unspecified atom stereocenters. The largest absolute Gasteiger partial charge is 0.508 e. The third-order valence-electron chi connectivity index (χ3n) is 2.82. The lowest BCUT2D eigenvalue weighted by Crippen LogP contribution is -2.03. The first-order valence-electron chi connectivity index (χ1n) is 5.74. The van der Waals surface area contributed by atoms with Crippen LogP contribution in [0.5, 0.6) is 5.75 Å². The molecular weight excluding hydrogens is 306 g/mol. The first-order chi connectivity index (χ1) is 9.23. The first kappa shape index (κ1) is 15.1. The van der Waals surface area contributed by atoms with E-state index in [2.05, 4.69) is 0 Å². The van der Waals surface area contributed by atoms with E-state index in [0.717, 1.165) is 11.3 Å². The molecule has 1 heterocycles. The van der Waals surface area contributed by atoms with E-state index >= 15 is 0 Å². The summed E-state index contributed by atoms with van der Waals surface area (Å²) in [6, 6.07) is 2.63. The van der Waals surface area contributed by atoms with E-state index in [1.807, 2.05) is 0 Å². The summed E-state index contributed by atoms with van der Waals surface area (Å²) < 4.78 is 25.3. The number of Topliss-reactive ketones (excluding diaryl/α,β-unsaturated/α-hetero) is 1. The van der Waals surface area contributed by atoms with Gasteiger partial charge in [-0.05, 0) is 18.6 Å². The van der Waals surface area contributed by atoms with Gasteiger partial charge >= 0.3 is 7.60 Å². The van der Waals surface area contributed by atoms with Crippen LogP contribution < -0.4 is 0 Å². The van der Waals surface area contributed by atoms with Gasteiger partial charge in [0.2, 0.25) is 0 Å². The van der Waals surface area contributed by atoms with Crippen LogP contribution in [0.1, 0.15) is 22.2 Å². The van der Waals surface area contributed by atoms with E-state index in [-0.39, 0.29) is 21.6 Å². The number of benzene rings is 1. The van der Waals surface area contributed by atoms with Crippen LogP contribution in [0.15, 0.2) is 12.1 Å². The number of carbonyl (C=O) groups excluding carboxylic acids is 1. The van der Waals surface area contributed by atoms with Gasteiger partial charge in [-0.15, -0.1) is 11.3 Å². The molecule has 0 spiro atoms. The van der Waals surface area contributed by atoms with E-state index in [4.69, 9.17) is 9.79 Å². The van der Waals surface area contributed by atoms with Gasteiger partial charge in [0.25, 0.3) is 0 Å². The highest BCUT2D eigenvalue weighted by molar-refractivity contribution is 7.53. The minimum atomic E-state index is -4.45. The Hall–Kier alpha value is -1.27. The van der Waals surface area contributed by atoms with Gasteiger partial charge in [0.1, 0.15) is 17.7 Å². The van der Waals surface area contributed by atoms with Gasteiger partial charge < -0.3 is 14.9 Å². The lowest BCUT2D eigenvalue weighted by Gasteiger charge is -2.03. The molecule has 0 bridgehead atoms. The maximum atomic E-state index is 14.1. The first-order valence-corrected chi connectivity index (χ1v) is 8.36. The minimum absolute atomic E-state index is 0.0647. The van der Waals surface area contributed by atoms with Gasteiger partial charge in [-0.2, -0.15) is 0 Å². The maximum Gasteiger partial charge on any atom is 0.333 e. The van der Waals surface area contributed by atoms with Gasteiger partial charge in [0.15, 0.2) is 5.78 Å². The molecule has 0 radical (unpaired) electrons. The number of ketones is 1. The van der Waals surface area contributed by atoms with Crippen LogP contribution in [-0.2, 0) is 11.0 Å². The molecule has 8 heteroatoms. The molecular formula is C12H12FO5PS. The number of rotatable bonds is 4. The second-order valence-electron chi connectivity index (χ2n) is 4.31. The van der Waals surface area contributed by atoms with E-state index in [1.54, 1.807) is 6.92 Å². The van der Waals surface area contributed by atoms with E-state index in [1.165, 1.54) is 12.1 Å². The number of carbonyl (C=O) groups is 1. The summed E-state index contributed by atoms with van der Waals surface area (Å²) in [7, 11) is -4.45. The topological polar surface area (TPSA) is 94.8 Å². The molecule has 5 nitrogen and oxygen atoms in total. The number of fused-ring (bicyclic) bond motifs is 1. The Balaban J connectivity index is 2.52. The normalized spacial score (nSPS) is 12.0. The molecule has 2 aromatic rings. The van der Waals surface area contributed by atoms with Crippen LogP contribution in [0, 0.1) is 5.82 Å². The van der Waals surface area contributed by atoms with Crippen molar-refractivity contribution >= 4 is 34.8 Å². The lowest BCUT2D eigenvalue weighted by molar-refractivity contribution is 0.101.